The molecule has 264 valence electrons. The summed E-state index contributed by atoms with van der Waals surface area (Å²) in [5, 5.41) is 26.5. The number of carbonyl (C=O) groups excluding carboxylic acids is 3. The molecular formula is C37H51F2N3O6. The number of benzene rings is 2. The van der Waals surface area contributed by atoms with Crippen molar-refractivity contribution >= 4 is 23.7 Å². The van der Waals surface area contributed by atoms with Crippen LogP contribution in [0.5, 0.6) is 0 Å². The average Bonchev–Trinajstić information content (AvgIpc) is 3.06. The van der Waals surface area contributed by atoms with E-state index >= 15 is 0 Å². The van der Waals surface area contributed by atoms with Crippen LogP contribution in [0.4, 0.5) is 8.78 Å². The molecule has 1 saturated carbocycles. The van der Waals surface area contributed by atoms with Gasteiger partial charge in [0.05, 0.1) is 18.1 Å². The highest BCUT2D eigenvalue weighted by Crippen LogP contribution is 2.29. The number of amides is 3. The first-order chi connectivity index (χ1) is 22.9. The highest BCUT2D eigenvalue weighted by atomic mass is 19.1. The fraction of sp³-hybridized carbons (Fsp3) is 0.568. The molecule has 0 aromatic heterocycles. The van der Waals surface area contributed by atoms with E-state index < -0.39 is 41.6 Å². The Morgan fingerprint density at radius 3 is 2.10 bits per heavy atom. The molecule has 0 unspecified atom stereocenters. The van der Waals surface area contributed by atoms with E-state index in [1.165, 1.54) is 6.07 Å². The zero-order valence-electron chi connectivity index (χ0n) is 28.4. The smallest absolute Gasteiger partial charge is 0.306 e. The molecule has 4 N–H and O–H groups in total. The molecule has 48 heavy (non-hydrogen) atoms. The molecule has 3 rings (SSSR count). The van der Waals surface area contributed by atoms with Gasteiger partial charge in [-0.3, -0.25) is 19.2 Å². The lowest BCUT2D eigenvalue weighted by molar-refractivity contribution is -0.143. The number of aliphatic carboxylic acids is 1. The number of carbonyl (C=O) groups is 4. The lowest BCUT2D eigenvalue weighted by atomic mass is 9.82. The van der Waals surface area contributed by atoms with Crippen LogP contribution in [-0.4, -0.2) is 70.6 Å². The van der Waals surface area contributed by atoms with Gasteiger partial charge in [-0.05, 0) is 99.6 Å². The highest BCUT2D eigenvalue weighted by Gasteiger charge is 2.30. The maximum absolute atomic E-state index is 14.1. The van der Waals surface area contributed by atoms with Crippen LogP contribution in [0.2, 0.25) is 0 Å². The van der Waals surface area contributed by atoms with Crippen molar-refractivity contribution in [3.8, 4) is 0 Å². The van der Waals surface area contributed by atoms with Gasteiger partial charge in [-0.2, -0.15) is 0 Å². The summed E-state index contributed by atoms with van der Waals surface area (Å²) in [6.07, 6.45) is 3.91. The van der Waals surface area contributed by atoms with Crippen LogP contribution in [0.1, 0.15) is 105 Å². The summed E-state index contributed by atoms with van der Waals surface area (Å²) in [4.78, 5) is 53.1. The fourth-order valence-electron chi connectivity index (χ4n) is 6.51. The summed E-state index contributed by atoms with van der Waals surface area (Å²) in [6.45, 7) is 7.47. The largest absolute Gasteiger partial charge is 0.481 e. The van der Waals surface area contributed by atoms with Gasteiger partial charge in [-0.1, -0.05) is 33.3 Å². The number of nitrogens with zero attached hydrogens (tertiary/aromatic N) is 1. The summed E-state index contributed by atoms with van der Waals surface area (Å²) in [7, 11) is 0. The molecule has 1 fully saturated rings. The zero-order chi connectivity index (χ0) is 35.2. The van der Waals surface area contributed by atoms with Crippen LogP contribution >= 0.6 is 0 Å². The first-order valence-electron chi connectivity index (χ1n) is 17.3. The number of rotatable bonds is 18. The van der Waals surface area contributed by atoms with E-state index in [0.29, 0.717) is 63.7 Å². The maximum atomic E-state index is 14.1. The van der Waals surface area contributed by atoms with E-state index in [2.05, 4.69) is 10.6 Å². The van der Waals surface area contributed by atoms with Crippen LogP contribution in [0.25, 0.3) is 0 Å². The third kappa shape index (κ3) is 11.7. The predicted molar refractivity (Wildman–Crippen MR) is 179 cm³/mol. The Labute approximate surface area is 282 Å². The molecule has 3 amide bonds. The maximum Gasteiger partial charge on any atom is 0.306 e. The van der Waals surface area contributed by atoms with Crippen molar-refractivity contribution in [1.82, 2.24) is 15.5 Å². The number of hydrogen-bond acceptors (Lipinski definition) is 5. The molecule has 0 aliphatic heterocycles. The molecule has 2 aromatic carbocycles. The minimum Gasteiger partial charge on any atom is -0.481 e. The monoisotopic (exact) mass is 671 g/mol. The number of nitrogens with one attached hydrogen (secondary N) is 2. The van der Waals surface area contributed by atoms with E-state index in [1.807, 2.05) is 20.8 Å². The third-order valence-electron chi connectivity index (χ3n) is 9.10. The number of carboxylic acids is 1. The van der Waals surface area contributed by atoms with Gasteiger partial charge < -0.3 is 25.7 Å². The van der Waals surface area contributed by atoms with E-state index in [0.717, 1.165) is 31.0 Å². The van der Waals surface area contributed by atoms with Gasteiger partial charge in [0.15, 0.2) is 0 Å². The van der Waals surface area contributed by atoms with Gasteiger partial charge in [0, 0.05) is 42.7 Å². The third-order valence-corrected chi connectivity index (χ3v) is 9.10. The molecule has 11 heteroatoms. The summed E-state index contributed by atoms with van der Waals surface area (Å²) in [6, 6.07) is 8.32. The summed E-state index contributed by atoms with van der Waals surface area (Å²) in [5.74, 6) is -4.14. The standard InChI is InChI=1S/C37H51F2N3O6/c1-4-8-27(34(44)40-23-24-11-13-26(14-12-24)37(47)48)21-33(43)32(19-25-17-30(38)22-31(39)18-25)41-35(45)28-9-7-10-29(20-28)36(46)42(15-5-2)16-6-3/h7,9-10,17-18,20,22,24,26-27,32-33,43H,4-6,8,11-16,19,21,23H2,1-3H3,(H,40,44)(H,41,45)(H,47,48)/t24?,26?,27-,32+,33+/m1/s1. The lowest BCUT2D eigenvalue weighted by Gasteiger charge is -2.29. The van der Waals surface area contributed by atoms with Crippen molar-refractivity contribution in [2.45, 2.75) is 97.1 Å². The highest BCUT2D eigenvalue weighted by molar-refractivity contribution is 5.99. The Morgan fingerprint density at radius 2 is 1.52 bits per heavy atom. The molecular weight excluding hydrogens is 620 g/mol. The topological polar surface area (TPSA) is 136 Å². The number of carboxylic acid groups (broad SMARTS) is 1. The van der Waals surface area contributed by atoms with Gasteiger partial charge >= 0.3 is 5.97 Å². The first kappa shape index (κ1) is 38.6. The Balaban J connectivity index is 1.76. The number of aliphatic hydroxyl groups is 1. The number of hydrogen-bond donors (Lipinski definition) is 4. The lowest BCUT2D eigenvalue weighted by Crippen LogP contribution is -2.47. The van der Waals surface area contributed by atoms with Crippen molar-refractivity contribution in [1.29, 1.82) is 0 Å². The average molecular weight is 672 g/mol. The van der Waals surface area contributed by atoms with Gasteiger partial charge in [0.25, 0.3) is 11.8 Å². The molecule has 3 atom stereocenters. The minimum atomic E-state index is -1.25. The van der Waals surface area contributed by atoms with Crippen LogP contribution in [-0.2, 0) is 16.0 Å². The molecule has 2 aromatic rings. The van der Waals surface area contributed by atoms with Crippen LogP contribution < -0.4 is 10.6 Å². The SMILES string of the molecule is CCC[C@H](C[C@H](O)[C@H](Cc1cc(F)cc(F)c1)NC(=O)c1cccc(C(=O)N(CCC)CCC)c1)C(=O)NCC1CCC(C(=O)O)CC1. The quantitative estimate of drug-likeness (QED) is 0.160. The summed E-state index contributed by atoms with van der Waals surface area (Å²) < 4.78 is 28.2. The second-order valence-electron chi connectivity index (χ2n) is 13.0. The van der Waals surface area contributed by atoms with Crippen molar-refractivity contribution < 1.29 is 38.2 Å². The normalized spacial score (nSPS) is 18.0. The van der Waals surface area contributed by atoms with E-state index in [9.17, 15) is 38.2 Å². The van der Waals surface area contributed by atoms with Gasteiger partial charge in [-0.25, -0.2) is 8.78 Å². The molecule has 0 radical (unpaired) electrons. The molecule has 9 nitrogen and oxygen atoms in total. The second-order valence-corrected chi connectivity index (χ2v) is 13.0. The predicted octanol–water partition coefficient (Wildman–Crippen LogP) is 5.74. The van der Waals surface area contributed by atoms with Crippen LogP contribution in [0, 0.1) is 29.4 Å². The van der Waals surface area contributed by atoms with E-state index in [1.54, 1.807) is 23.1 Å². The van der Waals surface area contributed by atoms with Crippen molar-refractivity contribution in [3.63, 3.8) is 0 Å². The Hall–Kier alpha value is -3.86. The van der Waals surface area contributed by atoms with Crippen molar-refractivity contribution in [3.05, 3.63) is 70.8 Å². The molecule has 0 heterocycles. The Kier molecular flexibility index (Phi) is 15.4. The summed E-state index contributed by atoms with van der Waals surface area (Å²) in [5.41, 5.74) is 0.769. The van der Waals surface area contributed by atoms with Crippen LogP contribution in [0.3, 0.4) is 0 Å². The second kappa shape index (κ2) is 19.2. The summed E-state index contributed by atoms with van der Waals surface area (Å²) >= 11 is 0. The van der Waals surface area contributed by atoms with Gasteiger partial charge in [-0.15, -0.1) is 0 Å². The molecule has 0 bridgehead atoms. The fourth-order valence-corrected chi connectivity index (χ4v) is 6.51. The minimum absolute atomic E-state index is 0.00427. The molecule has 1 aliphatic rings. The van der Waals surface area contributed by atoms with Crippen molar-refractivity contribution in [2.75, 3.05) is 19.6 Å². The molecule has 0 saturated heterocycles. The van der Waals surface area contributed by atoms with Gasteiger partial charge in [0.2, 0.25) is 5.91 Å². The van der Waals surface area contributed by atoms with E-state index in [4.69, 9.17) is 0 Å². The molecule has 1 aliphatic carbocycles. The van der Waals surface area contributed by atoms with Crippen LogP contribution in [0.15, 0.2) is 42.5 Å². The number of aliphatic hydroxyl groups excluding tert-OH is 1. The Bertz CT molecular complexity index is 1350. The zero-order valence-corrected chi connectivity index (χ0v) is 28.4. The van der Waals surface area contributed by atoms with E-state index in [-0.39, 0.29) is 47.6 Å². The number of halogens is 2. The Morgan fingerprint density at radius 1 is 0.896 bits per heavy atom. The first-order valence-corrected chi connectivity index (χ1v) is 17.3. The van der Waals surface area contributed by atoms with Gasteiger partial charge in [0.1, 0.15) is 11.6 Å². The van der Waals surface area contributed by atoms with Crippen molar-refractivity contribution in [2.24, 2.45) is 17.8 Å². The molecule has 0 spiro atoms.